The molecule has 3 aromatic rings. The highest BCUT2D eigenvalue weighted by molar-refractivity contribution is 7.10. The Hall–Kier alpha value is -3.43. The second kappa shape index (κ2) is 12.7. The van der Waals surface area contributed by atoms with E-state index in [-0.39, 0.29) is 37.2 Å². The summed E-state index contributed by atoms with van der Waals surface area (Å²) in [6.45, 7) is 1.31. The molecule has 0 radical (unpaired) electrons. The van der Waals surface area contributed by atoms with Gasteiger partial charge in [0.1, 0.15) is 30.5 Å². The van der Waals surface area contributed by atoms with Crippen molar-refractivity contribution in [2.24, 2.45) is 0 Å². The van der Waals surface area contributed by atoms with Crippen LogP contribution in [0.15, 0.2) is 60.0 Å². The van der Waals surface area contributed by atoms with Gasteiger partial charge in [-0.1, -0.05) is 18.2 Å². The van der Waals surface area contributed by atoms with Crippen molar-refractivity contribution in [1.29, 1.82) is 0 Å². The first-order chi connectivity index (χ1) is 18.0. The molecule has 1 atom stereocenters. The number of ether oxygens (including phenoxy) is 3. The van der Waals surface area contributed by atoms with Gasteiger partial charge >= 0.3 is 0 Å². The van der Waals surface area contributed by atoms with Crippen molar-refractivity contribution in [1.82, 2.24) is 9.80 Å². The molecule has 4 rings (SSSR count). The van der Waals surface area contributed by atoms with Gasteiger partial charge in [0, 0.05) is 37.7 Å². The zero-order chi connectivity index (χ0) is 26.2. The molecule has 2 heterocycles. The van der Waals surface area contributed by atoms with Gasteiger partial charge in [0.2, 0.25) is 5.91 Å². The number of methoxy groups -OCH3 is 2. The van der Waals surface area contributed by atoms with Crippen molar-refractivity contribution in [3.8, 4) is 11.5 Å². The maximum Gasteiger partial charge on any atom is 0.257 e. The third kappa shape index (κ3) is 6.47. The molecule has 2 amide bonds. The van der Waals surface area contributed by atoms with Gasteiger partial charge in [-0.3, -0.25) is 9.59 Å². The molecule has 1 aliphatic rings. The normalized spacial score (nSPS) is 14.7. The SMILES string of the molecule is COCCCN(CC(=O)N1CCc2sccc2[C@@H]1COc1cccc(OC)c1)C(=O)c1ccccc1F. The molecule has 0 saturated carbocycles. The molecule has 9 heteroatoms. The Kier molecular flexibility index (Phi) is 9.14. The number of fused-ring (bicyclic) bond motifs is 1. The molecule has 0 bridgehead atoms. The number of hydrogen-bond donors (Lipinski definition) is 0. The second-order valence-corrected chi connectivity index (χ2v) is 9.70. The van der Waals surface area contributed by atoms with E-state index in [2.05, 4.69) is 0 Å². The Bertz CT molecular complexity index is 1220. The van der Waals surface area contributed by atoms with Crippen molar-refractivity contribution in [2.75, 3.05) is 47.1 Å². The van der Waals surface area contributed by atoms with Crippen molar-refractivity contribution in [2.45, 2.75) is 18.9 Å². The highest BCUT2D eigenvalue weighted by Crippen LogP contribution is 2.34. The highest BCUT2D eigenvalue weighted by Gasteiger charge is 2.34. The van der Waals surface area contributed by atoms with Crippen LogP contribution in [-0.4, -0.2) is 68.7 Å². The van der Waals surface area contributed by atoms with Gasteiger partial charge in [-0.05, 0) is 54.1 Å². The molecule has 196 valence electrons. The van der Waals surface area contributed by atoms with Crippen molar-refractivity contribution < 1.29 is 28.2 Å². The number of nitrogens with zero attached hydrogens (tertiary/aromatic N) is 2. The van der Waals surface area contributed by atoms with Gasteiger partial charge in [0.15, 0.2) is 0 Å². The van der Waals surface area contributed by atoms with Crippen LogP contribution in [0.4, 0.5) is 4.39 Å². The molecule has 0 saturated heterocycles. The lowest BCUT2D eigenvalue weighted by Gasteiger charge is -2.37. The summed E-state index contributed by atoms with van der Waals surface area (Å²) < 4.78 is 30.9. The van der Waals surface area contributed by atoms with Gasteiger partial charge in [-0.15, -0.1) is 11.3 Å². The number of benzene rings is 2. The predicted molar refractivity (Wildman–Crippen MR) is 140 cm³/mol. The summed E-state index contributed by atoms with van der Waals surface area (Å²) >= 11 is 1.67. The lowest BCUT2D eigenvalue weighted by molar-refractivity contribution is -0.135. The van der Waals surface area contributed by atoms with Gasteiger partial charge < -0.3 is 24.0 Å². The third-order valence-corrected chi connectivity index (χ3v) is 7.35. The minimum absolute atomic E-state index is 0.0515. The first-order valence-electron chi connectivity index (χ1n) is 12.2. The van der Waals surface area contributed by atoms with Crippen LogP contribution in [0.3, 0.4) is 0 Å². The van der Waals surface area contributed by atoms with E-state index in [0.717, 1.165) is 12.0 Å². The lowest BCUT2D eigenvalue weighted by Crippen LogP contribution is -2.48. The number of amides is 2. The number of rotatable bonds is 11. The maximum absolute atomic E-state index is 14.4. The second-order valence-electron chi connectivity index (χ2n) is 8.69. The Morgan fingerprint density at radius 1 is 1.11 bits per heavy atom. The van der Waals surface area contributed by atoms with Crippen molar-refractivity contribution >= 4 is 23.2 Å². The molecule has 2 aromatic carbocycles. The summed E-state index contributed by atoms with van der Waals surface area (Å²) in [7, 11) is 3.17. The van der Waals surface area contributed by atoms with Crippen LogP contribution < -0.4 is 9.47 Å². The van der Waals surface area contributed by atoms with Crippen LogP contribution in [0.2, 0.25) is 0 Å². The summed E-state index contributed by atoms with van der Waals surface area (Å²) in [5.41, 5.74) is 1.00. The molecular formula is C28H31FN2O5S. The van der Waals surface area contributed by atoms with Crippen molar-refractivity contribution in [3.63, 3.8) is 0 Å². The van der Waals surface area contributed by atoms with Gasteiger partial charge in [-0.25, -0.2) is 4.39 Å². The molecule has 0 spiro atoms. The number of carbonyl (C=O) groups is 2. The number of thiophene rings is 1. The maximum atomic E-state index is 14.4. The van der Waals surface area contributed by atoms with Crippen LogP contribution in [0.5, 0.6) is 11.5 Å². The fourth-order valence-corrected chi connectivity index (χ4v) is 5.38. The van der Waals surface area contributed by atoms with E-state index in [0.29, 0.717) is 31.1 Å². The van der Waals surface area contributed by atoms with Crippen LogP contribution >= 0.6 is 11.3 Å². The third-order valence-electron chi connectivity index (χ3n) is 6.36. The quantitative estimate of drug-likeness (QED) is 0.342. The van der Waals surface area contributed by atoms with E-state index < -0.39 is 11.7 Å². The number of halogens is 1. The molecule has 7 nitrogen and oxygen atoms in total. The van der Waals surface area contributed by atoms with Gasteiger partial charge in [0.25, 0.3) is 5.91 Å². The molecule has 0 N–H and O–H groups in total. The summed E-state index contributed by atoms with van der Waals surface area (Å²) in [5, 5.41) is 2.02. The molecule has 0 fully saturated rings. The van der Waals surface area contributed by atoms with E-state index in [1.165, 1.54) is 28.0 Å². The first kappa shape index (κ1) is 26.6. The van der Waals surface area contributed by atoms with E-state index in [1.54, 1.807) is 42.6 Å². The van der Waals surface area contributed by atoms with E-state index in [4.69, 9.17) is 14.2 Å². The van der Waals surface area contributed by atoms with Crippen LogP contribution in [0.25, 0.3) is 0 Å². The molecule has 0 unspecified atom stereocenters. The Morgan fingerprint density at radius 2 is 1.92 bits per heavy atom. The smallest absolute Gasteiger partial charge is 0.257 e. The van der Waals surface area contributed by atoms with Crippen LogP contribution in [0.1, 0.15) is 33.3 Å². The molecule has 1 aromatic heterocycles. The van der Waals surface area contributed by atoms with E-state index in [1.807, 2.05) is 29.6 Å². The lowest BCUT2D eigenvalue weighted by atomic mass is 10.0. The topological polar surface area (TPSA) is 68.3 Å². The summed E-state index contributed by atoms with van der Waals surface area (Å²) in [4.78, 5) is 31.3. The Balaban J connectivity index is 1.53. The fraction of sp³-hybridized carbons (Fsp3) is 0.357. The Morgan fingerprint density at radius 3 is 2.70 bits per heavy atom. The van der Waals surface area contributed by atoms with Crippen LogP contribution in [0, 0.1) is 5.82 Å². The Labute approximate surface area is 220 Å². The highest BCUT2D eigenvalue weighted by atomic mass is 32.1. The summed E-state index contributed by atoms with van der Waals surface area (Å²) in [5.74, 6) is -0.00557. The van der Waals surface area contributed by atoms with E-state index >= 15 is 0 Å². The molecule has 1 aliphatic heterocycles. The van der Waals surface area contributed by atoms with Gasteiger partial charge in [-0.2, -0.15) is 0 Å². The zero-order valence-electron chi connectivity index (χ0n) is 21.0. The first-order valence-corrected chi connectivity index (χ1v) is 13.0. The number of carbonyl (C=O) groups excluding carboxylic acids is 2. The summed E-state index contributed by atoms with van der Waals surface area (Å²) in [6.07, 6.45) is 1.26. The standard InChI is InChI=1S/C28H31FN2O5S/c1-34-15-6-13-30(28(33)22-9-3-4-10-24(22)29)18-27(32)31-14-11-26-23(12-16-37-26)25(31)19-36-21-8-5-7-20(17-21)35-2/h3-5,7-10,12,16-17,25H,6,11,13-15,18-19H2,1-2H3/t25-/m0/s1. The minimum atomic E-state index is -0.609. The zero-order valence-corrected chi connectivity index (χ0v) is 21.8. The minimum Gasteiger partial charge on any atom is -0.497 e. The molecular weight excluding hydrogens is 495 g/mol. The van der Waals surface area contributed by atoms with E-state index in [9.17, 15) is 14.0 Å². The monoisotopic (exact) mass is 526 g/mol. The average molecular weight is 527 g/mol. The average Bonchev–Trinajstić information content (AvgIpc) is 3.40. The number of hydrogen-bond acceptors (Lipinski definition) is 6. The largest absolute Gasteiger partial charge is 0.497 e. The van der Waals surface area contributed by atoms with Crippen molar-refractivity contribution in [3.05, 3.63) is 81.8 Å². The summed E-state index contributed by atoms with van der Waals surface area (Å²) in [6, 6.07) is 14.9. The van der Waals surface area contributed by atoms with Gasteiger partial charge in [0.05, 0.1) is 18.7 Å². The fourth-order valence-electron chi connectivity index (χ4n) is 4.45. The molecule has 0 aliphatic carbocycles. The molecule has 37 heavy (non-hydrogen) atoms. The predicted octanol–water partition coefficient (Wildman–Crippen LogP) is 4.58. The van der Waals surface area contributed by atoms with Crippen LogP contribution in [-0.2, 0) is 16.0 Å².